The van der Waals surface area contributed by atoms with Crippen LogP contribution in [0.3, 0.4) is 0 Å². The van der Waals surface area contributed by atoms with Gasteiger partial charge in [0.05, 0.1) is 5.69 Å². The highest BCUT2D eigenvalue weighted by atomic mass is 32.1. The number of hydrogen-bond donors (Lipinski definition) is 0. The zero-order chi connectivity index (χ0) is 34.2. The number of para-hydroxylation sites is 2. The second-order valence-electron chi connectivity index (χ2n) is 13.0. The molecule has 0 saturated heterocycles. The lowest BCUT2D eigenvalue weighted by Gasteiger charge is -2.27. The second-order valence-corrected chi connectivity index (χ2v) is 14.1. The van der Waals surface area contributed by atoms with E-state index < -0.39 is 0 Å². The highest BCUT2D eigenvalue weighted by molar-refractivity contribution is 7.26. The Morgan fingerprint density at radius 2 is 1.15 bits per heavy atom. The molecule has 0 spiro atoms. The number of anilines is 3. The van der Waals surface area contributed by atoms with E-state index in [0.717, 1.165) is 83.3 Å². The maximum absolute atomic E-state index is 6.36. The van der Waals surface area contributed by atoms with Crippen LogP contribution >= 0.6 is 11.3 Å². The van der Waals surface area contributed by atoms with Gasteiger partial charge in [0.15, 0.2) is 5.58 Å². The van der Waals surface area contributed by atoms with Crippen molar-refractivity contribution in [2.45, 2.75) is 0 Å². The van der Waals surface area contributed by atoms with E-state index in [9.17, 15) is 0 Å². The molecule has 5 heterocycles. The summed E-state index contributed by atoms with van der Waals surface area (Å²) in [5, 5.41) is 6.74. The number of rotatable bonds is 5. The van der Waals surface area contributed by atoms with Crippen molar-refractivity contribution in [2.75, 3.05) is 4.90 Å². The third-order valence-corrected chi connectivity index (χ3v) is 11.2. The molecule has 0 amide bonds. The number of pyridine rings is 2. The van der Waals surface area contributed by atoms with Crippen molar-refractivity contribution >= 4 is 92.4 Å². The maximum atomic E-state index is 6.36. The van der Waals surface area contributed by atoms with Gasteiger partial charge >= 0.3 is 0 Å². The van der Waals surface area contributed by atoms with Crippen LogP contribution in [0.25, 0.3) is 86.4 Å². The van der Waals surface area contributed by atoms with Gasteiger partial charge in [-0.15, -0.1) is 11.3 Å². The van der Waals surface area contributed by atoms with Crippen molar-refractivity contribution in [3.05, 3.63) is 164 Å². The van der Waals surface area contributed by atoms with Gasteiger partial charge in [-0.05, 0) is 66.2 Å². The fourth-order valence-electron chi connectivity index (χ4n) is 7.65. The normalized spacial score (nSPS) is 11.8. The van der Waals surface area contributed by atoms with Crippen molar-refractivity contribution in [3.8, 4) is 22.4 Å². The van der Waals surface area contributed by atoms with E-state index in [1.165, 1.54) is 20.2 Å². The minimum Gasteiger partial charge on any atom is -0.455 e. The first-order valence-electron chi connectivity index (χ1n) is 17.2. The molecule has 0 unspecified atom stereocenters. The predicted molar refractivity (Wildman–Crippen MR) is 215 cm³/mol. The minimum atomic E-state index is 0.800. The fourth-order valence-corrected chi connectivity index (χ4v) is 8.78. The van der Waals surface area contributed by atoms with Crippen LogP contribution < -0.4 is 4.90 Å². The molecule has 11 aromatic rings. The molecular weight excluding hydrogens is 659 g/mol. The molecule has 0 fully saturated rings. The molecule has 0 atom stereocenters. The Bertz CT molecular complexity index is 2980. The second kappa shape index (κ2) is 11.4. The number of thiophene rings is 1. The monoisotopic (exact) mass is 685 g/mol. The number of aromatic nitrogens is 2. The van der Waals surface area contributed by atoms with Gasteiger partial charge in [-0.3, -0.25) is 9.97 Å². The standard InChI is InChI=1S/C46H27N3O2S/c1-3-12-39-33(7-1)35-23-26-48-44(46(35)51-39)29-17-21-31(22-18-29)49(38-11-6-14-42-43(38)36-8-2-4-13-41(36)52-42)30-19-15-28(16-20-30)32-9-5-10-34-37-27-47-25-24-40(37)50-45(32)34/h1-27H. The van der Waals surface area contributed by atoms with Gasteiger partial charge in [-0.1, -0.05) is 84.9 Å². The zero-order valence-electron chi connectivity index (χ0n) is 27.7. The average Bonchev–Trinajstić information content (AvgIpc) is 3.90. The Kier molecular flexibility index (Phi) is 6.35. The maximum Gasteiger partial charge on any atom is 0.161 e. The molecule has 5 aromatic heterocycles. The molecule has 244 valence electrons. The first-order chi connectivity index (χ1) is 25.8. The molecule has 52 heavy (non-hydrogen) atoms. The van der Waals surface area contributed by atoms with Gasteiger partial charge in [0.2, 0.25) is 0 Å². The van der Waals surface area contributed by atoms with E-state index in [1.807, 2.05) is 54.1 Å². The lowest BCUT2D eigenvalue weighted by Crippen LogP contribution is -2.10. The molecule has 11 rings (SSSR count). The van der Waals surface area contributed by atoms with Crippen LogP contribution in [0.1, 0.15) is 0 Å². The molecular formula is C46H27N3O2S. The molecule has 0 saturated carbocycles. The Balaban J connectivity index is 1.06. The van der Waals surface area contributed by atoms with Crippen LogP contribution in [0.15, 0.2) is 173 Å². The number of benzene rings is 6. The largest absolute Gasteiger partial charge is 0.455 e. The first kappa shape index (κ1) is 29.0. The predicted octanol–water partition coefficient (Wildman–Crippen LogP) is 13.4. The molecule has 0 N–H and O–H groups in total. The summed E-state index contributed by atoms with van der Waals surface area (Å²) in [5.41, 5.74) is 10.6. The third-order valence-electron chi connectivity index (χ3n) is 10.0. The summed E-state index contributed by atoms with van der Waals surface area (Å²) < 4.78 is 15.2. The van der Waals surface area contributed by atoms with E-state index >= 15 is 0 Å². The van der Waals surface area contributed by atoms with Crippen molar-refractivity contribution in [1.82, 2.24) is 9.97 Å². The molecule has 0 radical (unpaired) electrons. The van der Waals surface area contributed by atoms with Crippen LogP contribution in [-0.2, 0) is 0 Å². The third kappa shape index (κ3) is 4.41. The Morgan fingerprint density at radius 3 is 2.02 bits per heavy atom. The van der Waals surface area contributed by atoms with Crippen molar-refractivity contribution in [2.24, 2.45) is 0 Å². The van der Waals surface area contributed by atoms with E-state index in [2.05, 4.69) is 125 Å². The quantitative estimate of drug-likeness (QED) is 0.180. The van der Waals surface area contributed by atoms with E-state index in [0.29, 0.717) is 0 Å². The summed E-state index contributed by atoms with van der Waals surface area (Å²) in [7, 11) is 0. The van der Waals surface area contributed by atoms with Crippen LogP contribution in [0.4, 0.5) is 17.1 Å². The summed E-state index contributed by atoms with van der Waals surface area (Å²) in [4.78, 5) is 11.5. The highest BCUT2D eigenvalue weighted by Crippen LogP contribution is 2.46. The fraction of sp³-hybridized carbons (Fsp3) is 0. The minimum absolute atomic E-state index is 0.800. The van der Waals surface area contributed by atoms with Gasteiger partial charge in [0.25, 0.3) is 0 Å². The molecule has 0 bridgehead atoms. The number of fused-ring (bicyclic) bond motifs is 9. The first-order valence-corrected chi connectivity index (χ1v) is 18.0. The molecule has 0 aliphatic heterocycles. The van der Waals surface area contributed by atoms with E-state index in [1.54, 1.807) is 6.20 Å². The smallest absolute Gasteiger partial charge is 0.161 e. The van der Waals surface area contributed by atoms with E-state index in [-0.39, 0.29) is 0 Å². The molecule has 5 nitrogen and oxygen atoms in total. The van der Waals surface area contributed by atoms with Crippen molar-refractivity contribution < 1.29 is 8.83 Å². The Hall–Kier alpha value is -6.76. The van der Waals surface area contributed by atoms with Crippen LogP contribution in [0.5, 0.6) is 0 Å². The molecule has 0 aliphatic rings. The summed E-state index contributed by atoms with van der Waals surface area (Å²) in [6.07, 6.45) is 5.51. The van der Waals surface area contributed by atoms with Crippen LogP contribution in [0, 0.1) is 0 Å². The number of hydrogen-bond acceptors (Lipinski definition) is 6. The van der Waals surface area contributed by atoms with Gasteiger partial charge in [0.1, 0.15) is 22.4 Å². The lowest BCUT2D eigenvalue weighted by molar-refractivity contribution is 0.668. The molecule has 6 aromatic carbocycles. The van der Waals surface area contributed by atoms with Gasteiger partial charge in [-0.2, -0.15) is 0 Å². The Morgan fingerprint density at radius 1 is 0.481 bits per heavy atom. The van der Waals surface area contributed by atoms with Crippen molar-refractivity contribution in [3.63, 3.8) is 0 Å². The topological polar surface area (TPSA) is 55.3 Å². The zero-order valence-corrected chi connectivity index (χ0v) is 28.5. The average molecular weight is 686 g/mol. The molecule has 0 aliphatic carbocycles. The van der Waals surface area contributed by atoms with Crippen molar-refractivity contribution in [1.29, 1.82) is 0 Å². The number of nitrogens with zero attached hydrogens (tertiary/aromatic N) is 3. The SMILES string of the molecule is c1ccc2c(c1)oc1c(-c3ccc(N(c4ccc(-c5cccc6c5oc5ccncc56)cc4)c4cccc5sc6ccccc6c45)cc3)nccc12. The lowest BCUT2D eigenvalue weighted by atomic mass is 10.0. The van der Waals surface area contributed by atoms with E-state index in [4.69, 9.17) is 13.8 Å². The summed E-state index contributed by atoms with van der Waals surface area (Å²) in [5.74, 6) is 0. The highest BCUT2D eigenvalue weighted by Gasteiger charge is 2.20. The summed E-state index contributed by atoms with van der Waals surface area (Å²) in [6, 6.07) is 51.1. The van der Waals surface area contributed by atoms with Gasteiger partial charge in [-0.25, -0.2) is 0 Å². The number of furan rings is 2. The van der Waals surface area contributed by atoms with Crippen LogP contribution in [0.2, 0.25) is 0 Å². The summed E-state index contributed by atoms with van der Waals surface area (Å²) >= 11 is 1.83. The van der Waals surface area contributed by atoms with Gasteiger partial charge < -0.3 is 13.7 Å². The summed E-state index contributed by atoms with van der Waals surface area (Å²) in [6.45, 7) is 0. The Labute approximate surface area is 301 Å². The molecule has 6 heteroatoms. The van der Waals surface area contributed by atoms with Gasteiger partial charge in [0, 0.05) is 82.8 Å². The van der Waals surface area contributed by atoms with Crippen LogP contribution in [-0.4, -0.2) is 9.97 Å².